The summed E-state index contributed by atoms with van der Waals surface area (Å²) < 4.78 is 7.40. The van der Waals surface area contributed by atoms with Crippen molar-refractivity contribution in [1.82, 2.24) is 14.9 Å². The van der Waals surface area contributed by atoms with Gasteiger partial charge >= 0.3 is 0 Å². The Kier molecular flexibility index (Phi) is 5.18. The minimum atomic E-state index is -0.609. The fourth-order valence-electron chi connectivity index (χ4n) is 3.69. The number of imidazole rings is 1. The van der Waals surface area contributed by atoms with Crippen LogP contribution in [0.25, 0.3) is 11.8 Å². The molecule has 29 heavy (non-hydrogen) atoms. The molecule has 2 aromatic carbocycles. The molecule has 0 bridgehead atoms. The molecule has 0 saturated heterocycles. The first kappa shape index (κ1) is 19.0. The Morgan fingerprint density at radius 1 is 1.31 bits per heavy atom. The standard InChI is InChI=1S/C23H23N3O3/c1-15-13-26(14-24-15)19-9-7-16(11-21(19)29-2)8-10-22(28)25-23-18-6-4-3-5-17(18)12-20(23)27/h3-11,13-14,20,23,27H,12H2,1-2H3,(H,25,28)/t20-,23+/m0/s1. The molecular weight excluding hydrogens is 366 g/mol. The Bertz CT molecular complexity index is 1070. The Morgan fingerprint density at radius 3 is 2.90 bits per heavy atom. The Morgan fingerprint density at radius 2 is 2.14 bits per heavy atom. The van der Waals surface area contributed by atoms with E-state index in [0.29, 0.717) is 12.2 Å². The Hall–Kier alpha value is -3.38. The zero-order chi connectivity index (χ0) is 20.4. The number of aromatic nitrogens is 2. The Balaban J connectivity index is 1.48. The van der Waals surface area contributed by atoms with Crippen molar-refractivity contribution in [2.45, 2.75) is 25.5 Å². The van der Waals surface area contributed by atoms with E-state index >= 15 is 0 Å². The smallest absolute Gasteiger partial charge is 0.244 e. The van der Waals surface area contributed by atoms with Crippen LogP contribution in [0.2, 0.25) is 0 Å². The maximum absolute atomic E-state index is 12.4. The monoisotopic (exact) mass is 389 g/mol. The fraction of sp³-hybridized carbons (Fsp3) is 0.217. The van der Waals surface area contributed by atoms with E-state index < -0.39 is 6.10 Å². The molecule has 6 heteroatoms. The fourth-order valence-corrected chi connectivity index (χ4v) is 3.69. The number of nitrogens with zero attached hydrogens (tertiary/aromatic N) is 2. The molecule has 2 atom stereocenters. The first-order valence-electron chi connectivity index (χ1n) is 9.48. The van der Waals surface area contributed by atoms with Crippen LogP contribution in [0, 0.1) is 6.92 Å². The summed E-state index contributed by atoms with van der Waals surface area (Å²) in [5.41, 5.74) is 4.68. The summed E-state index contributed by atoms with van der Waals surface area (Å²) in [5, 5.41) is 13.2. The summed E-state index contributed by atoms with van der Waals surface area (Å²) in [7, 11) is 1.61. The van der Waals surface area contributed by atoms with Crippen LogP contribution >= 0.6 is 0 Å². The zero-order valence-corrected chi connectivity index (χ0v) is 16.4. The number of carbonyl (C=O) groups is 1. The van der Waals surface area contributed by atoms with Gasteiger partial charge in [-0.1, -0.05) is 30.3 Å². The Labute approximate surface area is 169 Å². The maximum atomic E-state index is 12.4. The van der Waals surface area contributed by atoms with Gasteiger partial charge in [-0.3, -0.25) is 4.79 Å². The number of carbonyl (C=O) groups excluding carboxylic acids is 1. The number of ether oxygens (including phenoxy) is 1. The highest BCUT2D eigenvalue weighted by Gasteiger charge is 2.31. The van der Waals surface area contributed by atoms with E-state index in [1.165, 1.54) is 6.08 Å². The number of nitrogens with one attached hydrogen (secondary N) is 1. The molecule has 0 fully saturated rings. The van der Waals surface area contributed by atoms with Gasteiger partial charge in [-0.15, -0.1) is 0 Å². The van der Waals surface area contributed by atoms with Gasteiger partial charge in [0.05, 0.1) is 37.0 Å². The molecule has 0 spiro atoms. The van der Waals surface area contributed by atoms with Crippen molar-refractivity contribution in [2.24, 2.45) is 0 Å². The summed E-state index contributed by atoms with van der Waals surface area (Å²) in [4.78, 5) is 16.7. The third-order valence-corrected chi connectivity index (χ3v) is 5.12. The molecule has 0 saturated carbocycles. The van der Waals surface area contributed by atoms with Crippen LogP contribution in [-0.4, -0.2) is 33.8 Å². The van der Waals surface area contributed by atoms with Gasteiger partial charge in [0.2, 0.25) is 5.91 Å². The van der Waals surface area contributed by atoms with Gasteiger partial charge < -0.3 is 19.7 Å². The summed E-state index contributed by atoms with van der Waals surface area (Å²) >= 11 is 0. The molecule has 1 aliphatic carbocycles. The van der Waals surface area contributed by atoms with E-state index in [9.17, 15) is 9.90 Å². The van der Waals surface area contributed by atoms with E-state index in [-0.39, 0.29) is 11.9 Å². The van der Waals surface area contributed by atoms with E-state index in [4.69, 9.17) is 4.74 Å². The van der Waals surface area contributed by atoms with Crippen LogP contribution in [-0.2, 0) is 11.2 Å². The minimum Gasteiger partial charge on any atom is -0.495 e. The second-order valence-corrected chi connectivity index (χ2v) is 7.14. The lowest BCUT2D eigenvalue weighted by Gasteiger charge is -2.16. The molecule has 1 heterocycles. The maximum Gasteiger partial charge on any atom is 0.244 e. The molecular formula is C23H23N3O3. The number of hydrogen-bond donors (Lipinski definition) is 2. The molecule has 2 N–H and O–H groups in total. The van der Waals surface area contributed by atoms with E-state index in [0.717, 1.165) is 28.1 Å². The third-order valence-electron chi connectivity index (χ3n) is 5.12. The average Bonchev–Trinajstić information content (AvgIpc) is 3.29. The summed E-state index contributed by atoms with van der Waals surface area (Å²) in [6.07, 6.45) is 6.81. The van der Waals surface area contributed by atoms with E-state index in [2.05, 4.69) is 10.3 Å². The SMILES string of the molecule is COc1cc(C=CC(=O)N[C@@H]2c3ccccc3C[C@@H]2O)ccc1-n1cnc(C)c1. The van der Waals surface area contributed by atoms with Crippen molar-refractivity contribution in [3.8, 4) is 11.4 Å². The van der Waals surface area contributed by atoms with Gasteiger partial charge in [-0.05, 0) is 41.8 Å². The quantitative estimate of drug-likeness (QED) is 0.658. The highest BCUT2D eigenvalue weighted by Crippen LogP contribution is 2.31. The van der Waals surface area contributed by atoms with Crippen LogP contribution in [0.15, 0.2) is 61.1 Å². The van der Waals surface area contributed by atoms with Crippen molar-refractivity contribution in [3.05, 3.63) is 83.4 Å². The van der Waals surface area contributed by atoms with Gasteiger partial charge in [0.15, 0.2) is 0 Å². The molecule has 0 radical (unpaired) electrons. The molecule has 148 valence electrons. The lowest BCUT2D eigenvalue weighted by Crippen LogP contribution is -2.32. The van der Waals surface area contributed by atoms with Crippen LogP contribution in [0.3, 0.4) is 0 Å². The number of fused-ring (bicyclic) bond motifs is 1. The largest absolute Gasteiger partial charge is 0.495 e. The summed E-state index contributed by atoms with van der Waals surface area (Å²) in [5.74, 6) is 0.434. The number of amides is 1. The molecule has 1 amide bonds. The number of aryl methyl sites for hydroxylation is 1. The predicted molar refractivity (Wildman–Crippen MR) is 111 cm³/mol. The first-order valence-corrected chi connectivity index (χ1v) is 9.48. The van der Waals surface area contributed by atoms with Crippen LogP contribution in [0.5, 0.6) is 5.75 Å². The van der Waals surface area contributed by atoms with E-state index in [1.54, 1.807) is 19.5 Å². The van der Waals surface area contributed by atoms with Gasteiger partial charge in [0.1, 0.15) is 5.75 Å². The van der Waals surface area contributed by atoms with Crippen molar-refractivity contribution in [2.75, 3.05) is 7.11 Å². The highest BCUT2D eigenvalue weighted by molar-refractivity contribution is 5.92. The number of rotatable bonds is 5. The van der Waals surface area contributed by atoms with Crippen molar-refractivity contribution < 1.29 is 14.6 Å². The number of aliphatic hydroxyl groups is 1. The van der Waals surface area contributed by atoms with Gasteiger partial charge in [-0.25, -0.2) is 4.98 Å². The van der Waals surface area contributed by atoms with Gasteiger partial charge in [0, 0.05) is 18.7 Å². The topological polar surface area (TPSA) is 76.4 Å². The van der Waals surface area contributed by atoms with Crippen LogP contribution < -0.4 is 10.1 Å². The predicted octanol–water partition coefficient (Wildman–Crippen LogP) is 2.98. The molecule has 1 aromatic heterocycles. The lowest BCUT2D eigenvalue weighted by molar-refractivity contribution is -0.117. The molecule has 3 aromatic rings. The van der Waals surface area contributed by atoms with Gasteiger partial charge in [0.25, 0.3) is 0 Å². The number of hydrogen-bond acceptors (Lipinski definition) is 4. The molecule has 0 unspecified atom stereocenters. The van der Waals surface area contributed by atoms with Crippen molar-refractivity contribution in [1.29, 1.82) is 0 Å². The summed E-state index contributed by atoms with van der Waals surface area (Å²) in [6, 6.07) is 13.1. The van der Waals surface area contributed by atoms with Crippen molar-refractivity contribution in [3.63, 3.8) is 0 Å². The normalized spacial score (nSPS) is 18.0. The number of aliphatic hydroxyl groups excluding tert-OH is 1. The highest BCUT2D eigenvalue weighted by atomic mass is 16.5. The van der Waals surface area contributed by atoms with E-state index in [1.807, 2.05) is 60.2 Å². The lowest BCUT2D eigenvalue weighted by atomic mass is 10.1. The summed E-state index contributed by atoms with van der Waals surface area (Å²) in [6.45, 7) is 1.93. The first-order chi connectivity index (χ1) is 14.0. The van der Waals surface area contributed by atoms with Crippen LogP contribution in [0.4, 0.5) is 0 Å². The minimum absolute atomic E-state index is 0.251. The van der Waals surface area contributed by atoms with Gasteiger partial charge in [-0.2, -0.15) is 0 Å². The molecule has 0 aliphatic heterocycles. The second kappa shape index (κ2) is 7.93. The van der Waals surface area contributed by atoms with Crippen LogP contribution in [0.1, 0.15) is 28.4 Å². The number of benzene rings is 2. The zero-order valence-electron chi connectivity index (χ0n) is 16.4. The third kappa shape index (κ3) is 3.93. The number of methoxy groups -OCH3 is 1. The molecule has 4 rings (SSSR count). The molecule has 1 aliphatic rings. The molecule has 6 nitrogen and oxygen atoms in total. The average molecular weight is 389 g/mol. The second-order valence-electron chi connectivity index (χ2n) is 7.14. The van der Waals surface area contributed by atoms with Crippen molar-refractivity contribution >= 4 is 12.0 Å².